The Kier molecular flexibility index (Phi) is 2.92. The first-order chi connectivity index (χ1) is 5.18. The van der Waals surface area contributed by atoms with E-state index in [1.165, 1.54) is 12.4 Å². The van der Waals surface area contributed by atoms with Crippen molar-refractivity contribution >= 4 is 22.7 Å². The van der Waals surface area contributed by atoms with Crippen LogP contribution in [-0.4, -0.2) is 18.7 Å². The molecule has 1 rings (SSSR count). The molecule has 0 spiro atoms. The van der Waals surface area contributed by atoms with Crippen LogP contribution >= 0.6 is 11.6 Å². The zero-order valence-electron chi connectivity index (χ0n) is 5.36. The summed E-state index contributed by atoms with van der Waals surface area (Å²) in [6.45, 7) is 0. The molecule has 0 radical (unpaired) electrons. The zero-order chi connectivity index (χ0) is 8.27. The Bertz CT molecular complexity index is 281. The van der Waals surface area contributed by atoms with Crippen LogP contribution in [0.1, 0.15) is 5.69 Å². The molecule has 0 saturated heterocycles. The third-order valence-electron chi connectivity index (χ3n) is 0.921. The van der Waals surface area contributed by atoms with E-state index in [2.05, 4.69) is 9.97 Å². The molecule has 11 heavy (non-hydrogen) atoms. The topological polar surface area (TPSA) is 65.9 Å². The zero-order valence-corrected chi connectivity index (χ0v) is 6.93. The van der Waals surface area contributed by atoms with Gasteiger partial charge < -0.3 is 4.55 Å². The molecule has 0 aromatic carbocycles. The molecule has 0 aliphatic heterocycles. The first-order valence-corrected chi connectivity index (χ1v) is 4.33. The monoisotopic (exact) mass is 191 g/mol. The summed E-state index contributed by atoms with van der Waals surface area (Å²) < 4.78 is 20.3. The number of hydrogen-bond donors (Lipinski definition) is 0. The molecule has 1 unspecified atom stereocenters. The van der Waals surface area contributed by atoms with Crippen LogP contribution in [0.4, 0.5) is 0 Å². The molecule has 0 saturated carbocycles. The van der Waals surface area contributed by atoms with Crippen molar-refractivity contribution in [3.8, 4) is 0 Å². The van der Waals surface area contributed by atoms with Gasteiger partial charge in [0.15, 0.2) is 0 Å². The van der Waals surface area contributed by atoms with E-state index >= 15 is 0 Å². The molecule has 1 aromatic rings. The molecule has 1 heterocycles. The highest BCUT2D eigenvalue weighted by molar-refractivity contribution is 7.78. The van der Waals surface area contributed by atoms with Gasteiger partial charge in [-0.1, -0.05) is 11.6 Å². The third-order valence-corrected chi connectivity index (χ3v) is 1.63. The minimum atomic E-state index is -2.14. The van der Waals surface area contributed by atoms with Gasteiger partial charge in [-0.05, 0) is 11.1 Å². The van der Waals surface area contributed by atoms with E-state index in [-0.39, 0.29) is 10.9 Å². The van der Waals surface area contributed by atoms with Gasteiger partial charge >= 0.3 is 0 Å². The van der Waals surface area contributed by atoms with Crippen molar-refractivity contribution in [3.63, 3.8) is 0 Å². The lowest BCUT2D eigenvalue weighted by molar-refractivity contribution is 0.535. The second kappa shape index (κ2) is 3.75. The molecule has 6 heteroatoms. The smallest absolute Gasteiger partial charge is 0.147 e. The second-order valence-electron chi connectivity index (χ2n) is 1.78. The van der Waals surface area contributed by atoms with Gasteiger partial charge in [0.2, 0.25) is 0 Å². The van der Waals surface area contributed by atoms with Crippen LogP contribution in [0.2, 0.25) is 5.15 Å². The molecule has 0 amide bonds. The number of rotatable bonds is 2. The molecule has 4 nitrogen and oxygen atoms in total. The van der Waals surface area contributed by atoms with Gasteiger partial charge in [-0.3, -0.25) is 9.19 Å². The SMILES string of the molecule is O=S([O-])Cc1cncc(Cl)n1. The number of aromatic nitrogens is 2. The van der Waals surface area contributed by atoms with Crippen molar-refractivity contribution in [3.05, 3.63) is 23.2 Å². The van der Waals surface area contributed by atoms with Crippen LogP contribution in [0.5, 0.6) is 0 Å². The minimum absolute atomic E-state index is 0.145. The lowest BCUT2D eigenvalue weighted by Crippen LogP contribution is -1.97. The van der Waals surface area contributed by atoms with E-state index in [0.717, 1.165) is 0 Å². The average Bonchev–Trinajstić information content (AvgIpc) is 1.85. The van der Waals surface area contributed by atoms with Crippen LogP contribution in [0.3, 0.4) is 0 Å². The fourth-order valence-electron chi connectivity index (χ4n) is 0.570. The number of nitrogens with zero attached hydrogens (tertiary/aromatic N) is 2. The number of hydrogen-bond acceptors (Lipinski definition) is 4. The molecular formula is C5H4ClN2O2S-. The molecule has 1 aromatic heterocycles. The van der Waals surface area contributed by atoms with E-state index in [1.807, 2.05) is 0 Å². The van der Waals surface area contributed by atoms with Gasteiger partial charge in [0.05, 0.1) is 17.6 Å². The fraction of sp³-hybridized carbons (Fsp3) is 0.200. The van der Waals surface area contributed by atoms with Gasteiger partial charge in [0.1, 0.15) is 5.15 Å². The second-order valence-corrected chi connectivity index (χ2v) is 3.06. The van der Waals surface area contributed by atoms with Gasteiger partial charge in [0, 0.05) is 6.20 Å². The first-order valence-electron chi connectivity index (χ1n) is 2.71. The van der Waals surface area contributed by atoms with E-state index in [0.29, 0.717) is 5.69 Å². The Morgan fingerprint density at radius 1 is 1.64 bits per heavy atom. The maximum atomic E-state index is 10.2. The predicted molar refractivity (Wildman–Crippen MR) is 39.7 cm³/mol. The minimum Gasteiger partial charge on any atom is -0.772 e. The van der Waals surface area contributed by atoms with Gasteiger partial charge in [-0.25, -0.2) is 4.98 Å². The molecule has 0 fully saturated rings. The highest BCUT2D eigenvalue weighted by Gasteiger charge is 1.95. The Balaban J connectivity index is 2.79. The lowest BCUT2D eigenvalue weighted by Gasteiger charge is -2.02. The quantitative estimate of drug-likeness (QED) is 0.639. The summed E-state index contributed by atoms with van der Waals surface area (Å²) in [5.41, 5.74) is 0.353. The molecule has 0 N–H and O–H groups in total. The average molecular weight is 192 g/mol. The normalized spacial score (nSPS) is 12.9. The summed E-state index contributed by atoms with van der Waals surface area (Å²) in [4.78, 5) is 7.39. The van der Waals surface area contributed by atoms with Gasteiger partial charge in [-0.2, -0.15) is 0 Å². The number of halogens is 1. The molecule has 1 atom stereocenters. The van der Waals surface area contributed by atoms with Crippen molar-refractivity contribution in [2.45, 2.75) is 5.75 Å². The maximum Gasteiger partial charge on any atom is 0.147 e. The lowest BCUT2D eigenvalue weighted by atomic mass is 10.5. The van der Waals surface area contributed by atoms with E-state index in [4.69, 9.17) is 11.6 Å². The van der Waals surface area contributed by atoms with Crippen LogP contribution < -0.4 is 0 Å². The van der Waals surface area contributed by atoms with Crippen LogP contribution in [0.15, 0.2) is 12.4 Å². The summed E-state index contributed by atoms with van der Waals surface area (Å²) in [5.74, 6) is -0.145. The van der Waals surface area contributed by atoms with E-state index in [1.54, 1.807) is 0 Å². The summed E-state index contributed by atoms with van der Waals surface area (Å²) >= 11 is 3.32. The Morgan fingerprint density at radius 3 is 2.91 bits per heavy atom. The van der Waals surface area contributed by atoms with Crippen molar-refractivity contribution in [1.82, 2.24) is 9.97 Å². The Labute approximate surface area is 70.9 Å². The molecule has 0 bridgehead atoms. The van der Waals surface area contributed by atoms with Crippen molar-refractivity contribution < 1.29 is 8.76 Å². The largest absolute Gasteiger partial charge is 0.772 e. The first kappa shape index (κ1) is 8.58. The molecule has 0 aliphatic rings. The van der Waals surface area contributed by atoms with Gasteiger partial charge in [-0.15, -0.1) is 0 Å². The molecule has 0 aliphatic carbocycles. The Hall–Kier alpha value is -0.520. The summed E-state index contributed by atoms with van der Waals surface area (Å²) in [6.07, 6.45) is 2.71. The van der Waals surface area contributed by atoms with E-state index < -0.39 is 11.1 Å². The van der Waals surface area contributed by atoms with E-state index in [9.17, 15) is 8.76 Å². The third kappa shape index (κ3) is 2.92. The van der Waals surface area contributed by atoms with Crippen LogP contribution in [0, 0.1) is 0 Å². The van der Waals surface area contributed by atoms with Crippen LogP contribution in [-0.2, 0) is 16.8 Å². The fourth-order valence-corrected chi connectivity index (χ4v) is 1.12. The Morgan fingerprint density at radius 2 is 2.36 bits per heavy atom. The van der Waals surface area contributed by atoms with Crippen molar-refractivity contribution in [1.29, 1.82) is 0 Å². The highest BCUT2D eigenvalue weighted by Crippen LogP contribution is 2.03. The summed E-state index contributed by atoms with van der Waals surface area (Å²) in [5, 5.41) is 0.202. The van der Waals surface area contributed by atoms with Gasteiger partial charge in [0.25, 0.3) is 0 Å². The van der Waals surface area contributed by atoms with Crippen molar-refractivity contribution in [2.24, 2.45) is 0 Å². The summed E-state index contributed by atoms with van der Waals surface area (Å²) in [7, 11) is 0. The maximum absolute atomic E-state index is 10.2. The standard InChI is InChI=1S/C5H5ClN2O2S/c6-5-2-7-1-4(8-5)3-11(9)10/h1-2H,3H2,(H,9,10)/p-1. The molecular weight excluding hydrogens is 188 g/mol. The molecule has 60 valence electrons. The van der Waals surface area contributed by atoms with Crippen molar-refractivity contribution in [2.75, 3.05) is 0 Å². The van der Waals surface area contributed by atoms with Crippen LogP contribution in [0.25, 0.3) is 0 Å². The predicted octanol–water partition coefficient (Wildman–Crippen LogP) is 0.509. The highest BCUT2D eigenvalue weighted by atomic mass is 35.5. The summed E-state index contributed by atoms with van der Waals surface area (Å²) in [6, 6.07) is 0.